The first kappa shape index (κ1) is 31.9. The van der Waals surface area contributed by atoms with Crippen molar-refractivity contribution in [1.29, 1.82) is 0 Å². The summed E-state index contributed by atoms with van der Waals surface area (Å²) in [5, 5.41) is 7.47. The highest BCUT2D eigenvalue weighted by Crippen LogP contribution is 2.46. The molecule has 0 aliphatic rings. The number of nitrogens with zero attached hydrogens (tertiary/aromatic N) is 5. The lowest BCUT2D eigenvalue weighted by Crippen LogP contribution is -2.00. The van der Waals surface area contributed by atoms with Crippen molar-refractivity contribution in [3.8, 4) is 45.5 Å². The van der Waals surface area contributed by atoms with Crippen LogP contribution in [0.5, 0.6) is 0 Å². The molecule has 0 radical (unpaired) electrons. The maximum Gasteiger partial charge on any atom is 0.164 e. The zero-order valence-electron chi connectivity index (χ0n) is 30.5. The van der Waals surface area contributed by atoms with E-state index in [0.29, 0.717) is 17.5 Å². The second kappa shape index (κ2) is 12.6. The van der Waals surface area contributed by atoms with E-state index in [1.54, 1.807) is 0 Å². The summed E-state index contributed by atoms with van der Waals surface area (Å²) in [6.45, 7) is 0. The lowest BCUT2D eigenvalue weighted by molar-refractivity contribution is 1.07. The Kier molecular flexibility index (Phi) is 7.03. The van der Waals surface area contributed by atoms with Crippen LogP contribution < -0.4 is 0 Å². The van der Waals surface area contributed by atoms with Crippen molar-refractivity contribution < 1.29 is 0 Å². The first-order valence-electron chi connectivity index (χ1n) is 19.1. The minimum absolute atomic E-state index is 0.656. The van der Waals surface area contributed by atoms with Gasteiger partial charge in [0.2, 0.25) is 0 Å². The van der Waals surface area contributed by atoms with Crippen LogP contribution in [-0.4, -0.2) is 24.1 Å². The molecule has 0 spiro atoms. The normalized spacial score (nSPS) is 11.9. The summed E-state index contributed by atoms with van der Waals surface area (Å²) >= 11 is 1.82. The molecule has 12 rings (SSSR count). The summed E-state index contributed by atoms with van der Waals surface area (Å²) in [6.07, 6.45) is 0. The number of hydrogen-bond donors (Lipinski definition) is 0. The molecule has 0 fully saturated rings. The van der Waals surface area contributed by atoms with E-state index in [0.717, 1.165) is 28.1 Å². The molecule has 0 bridgehead atoms. The maximum atomic E-state index is 5.04. The quantitative estimate of drug-likeness (QED) is 0.176. The van der Waals surface area contributed by atoms with Crippen molar-refractivity contribution in [3.63, 3.8) is 0 Å². The summed E-state index contributed by atoms with van der Waals surface area (Å²) in [5.41, 5.74) is 9.90. The Balaban J connectivity index is 1.13. The van der Waals surface area contributed by atoms with E-state index in [1.165, 1.54) is 63.8 Å². The minimum Gasteiger partial charge on any atom is -0.307 e. The van der Waals surface area contributed by atoms with E-state index in [-0.39, 0.29) is 0 Å². The van der Waals surface area contributed by atoms with E-state index < -0.39 is 0 Å². The predicted molar refractivity (Wildman–Crippen MR) is 238 cm³/mol. The zero-order chi connectivity index (χ0) is 37.5. The summed E-state index contributed by atoms with van der Waals surface area (Å²) in [6, 6.07) is 66.7. The van der Waals surface area contributed by atoms with E-state index in [9.17, 15) is 0 Å². The van der Waals surface area contributed by atoms with Gasteiger partial charge in [-0.15, -0.1) is 11.3 Å². The van der Waals surface area contributed by atoms with Crippen LogP contribution >= 0.6 is 11.3 Å². The smallest absolute Gasteiger partial charge is 0.164 e. The fourth-order valence-corrected chi connectivity index (χ4v) is 9.84. The van der Waals surface area contributed by atoms with Gasteiger partial charge in [-0.05, 0) is 48.5 Å². The van der Waals surface area contributed by atoms with Gasteiger partial charge in [-0.2, -0.15) is 0 Å². The van der Waals surface area contributed by atoms with Gasteiger partial charge >= 0.3 is 0 Å². The number of rotatable bonds is 5. The Morgan fingerprint density at radius 3 is 1.56 bits per heavy atom. The first-order valence-corrected chi connectivity index (χ1v) is 19.9. The van der Waals surface area contributed by atoms with Crippen LogP contribution in [0.25, 0.3) is 109 Å². The van der Waals surface area contributed by atoms with Crippen LogP contribution in [0.4, 0.5) is 0 Å². The average Bonchev–Trinajstić information content (AvgIpc) is 3.94. The summed E-state index contributed by atoms with van der Waals surface area (Å²) in [7, 11) is 0. The molecule has 6 heteroatoms. The number of benzene rings is 8. The number of hydrogen-bond acceptors (Lipinski definition) is 4. The Hall–Kier alpha value is -7.41. The molecule has 0 saturated carbocycles. The number of fused-ring (bicyclic) bond motifs is 10. The van der Waals surface area contributed by atoms with E-state index in [2.05, 4.69) is 137 Å². The topological polar surface area (TPSA) is 48.5 Å². The molecule has 4 heterocycles. The van der Waals surface area contributed by atoms with Crippen molar-refractivity contribution in [2.45, 2.75) is 0 Å². The van der Waals surface area contributed by atoms with Crippen LogP contribution in [0.3, 0.4) is 0 Å². The second-order valence-corrected chi connectivity index (χ2v) is 15.5. The lowest BCUT2D eigenvalue weighted by Gasteiger charge is -2.14. The number of para-hydroxylation sites is 4. The highest BCUT2D eigenvalue weighted by atomic mass is 32.1. The molecule has 12 aromatic rings. The SMILES string of the molecule is c1ccc(-c2nc(-c3ccccc3)nc(-c3ccc4c(c3)sc3ccc5c(c6cccc(-n7c8ccccc8c8ccccc87)c6n5-c5ccccc5)c34)n2)cc1. The minimum atomic E-state index is 0.656. The van der Waals surface area contributed by atoms with E-state index >= 15 is 0 Å². The second-order valence-electron chi connectivity index (χ2n) is 14.4. The summed E-state index contributed by atoms with van der Waals surface area (Å²) < 4.78 is 7.34. The van der Waals surface area contributed by atoms with Crippen LogP contribution in [0.15, 0.2) is 188 Å². The van der Waals surface area contributed by atoms with Gasteiger partial charge in [-0.25, -0.2) is 15.0 Å². The molecule has 4 aromatic heterocycles. The fourth-order valence-electron chi connectivity index (χ4n) is 8.69. The largest absolute Gasteiger partial charge is 0.307 e. The third-order valence-electron chi connectivity index (χ3n) is 11.2. The van der Waals surface area contributed by atoms with Crippen molar-refractivity contribution in [2.75, 3.05) is 0 Å². The monoisotopic (exact) mass is 745 g/mol. The van der Waals surface area contributed by atoms with E-state index in [1.807, 2.05) is 72.0 Å². The first-order chi connectivity index (χ1) is 28.3. The molecule has 0 atom stereocenters. The fraction of sp³-hybridized carbons (Fsp3) is 0. The van der Waals surface area contributed by atoms with E-state index in [4.69, 9.17) is 15.0 Å². The molecule has 0 saturated heterocycles. The highest BCUT2D eigenvalue weighted by Gasteiger charge is 2.23. The summed E-state index contributed by atoms with van der Waals surface area (Å²) in [5.74, 6) is 1.97. The van der Waals surface area contributed by atoms with Gasteiger partial charge in [0.1, 0.15) is 0 Å². The van der Waals surface area contributed by atoms with Gasteiger partial charge in [0.25, 0.3) is 0 Å². The lowest BCUT2D eigenvalue weighted by atomic mass is 10.0. The molecule has 0 N–H and O–H groups in total. The van der Waals surface area contributed by atoms with Gasteiger partial charge in [-0.1, -0.05) is 140 Å². The molecule has 57 heavy (non-hydrogen) atoms. The van der Waals surface area contributed by atoms with Crippen molar-refractivity contribution >= 4 is 75.1 Å². The van der Waals surface area contributed by atoms with Crippen LogP contribution in [0, 0.1) is 0 Å². The van der Waals surface area contributed by atoms with Gasteiger partial charge in [0.05, 0.1) is 27.8 Å². The summed E-state index contributed by atoms with van der Waals surface area (Å²) in [4.78, 5) is 15.0. The van der Waals surface area contributed by atoms with Crippen LogP contribution in [-0.2, 0) is 0 Å². The molecule has 266 valence electrons. The van der Waals surface area contributed by atoms with Crippen LogP contribution in [0.2, 0.25) is 0 Å². The molecule has 5 nitrogen and oxygen atoms in total. The molecule has 0 aliphatic carbocycles. The molecule has 0 aliphatic heterocycles. The molecular weight excluding hydrogens is 715 g/mol. The Bertz CT molecular complexity index is 3400. The Morgan fingerprint density at radius 1 is 0.351 bits per heavy atom. The zero-order valence-corrected chi connectivity index (χ0v) is 31.4. The van der Waals surface area contributed by atoms with Gasteiger partial charge in [0, 0.05) is 64.1 Å². The maximum absolute atomic E-state index is 5.04. The van der Waals surface area contributed by atoms with Crippen molar-refractivity contribution in [1.82, 2.24) is 24.1 Å². The van der Waals surface area contributed by atoms with Gasteiger partial charge in [-0.3, -0.25) is 0 Å². The standard InChI is InChI=1S/C51H31N5S/c1-4-15-32(16-5-1)49-52-50(33-17-6-2-7-18-33)54-51(53-49)34-27-28-38-45(31-34)57-44-30-29-42-46(47(38)44)39-23-14-26-43(48(39)55(42)35-19-8-3-9-20-35)56-40-24-12-10-21-36(40)37-22-11-13-25-41(37)56/h1-31H. The van der Waals surface area contributed by atoms with Gasteiger partial charge < -0.3 is 9.13 Å². The number of thiophene rings is 1. The Morgan fingerprint density at radius 2 is 0.912 bits per heavy atom. The Labute approximate surface area is 331 Å². The molecule has 0 amide bonds. The third kappa shape index (κ3) is 4.91. The predicted octanol–water partition coefficient (Wildman–Crippen LogP) is 13.4. The van der Waals surface area contributed by atoms with Crippen molar-refractivity contribution in [2.24, 2.45) is 0 Å². The molecule has 8 aromatic carbocycles. The third-order valence-corrected chi connectivity index (χ3v) is 12.3. The molecule has 0 unspecified atom stereocenters. The highest BCUT2D eigenvalue weighted by molar-refractivity contribution is 7.26. The number of aromatic nitrogens is 5. The van der Waals surface area contributed by atoms with Crippen LogP contribution in [0.1, 0.15) is 0 Å². The average molecular weight is 746 g/mol. The van der Waals surface area contributed by atoms with Crippen molar-refractivity contribution in [3.05, 3.63) is 188 Å². The van der Waals surface area contributed by atoms with Gasteiger partial charge in [0.15, 0.2) is 17.5 Å². The molecular formula is C51H31N5S.